The first kappa shape index (κ1) is 14.5. The molecule has 0 saturated carbocycles. The van der Waals surface area contributed by atoms with Gasteiger partial charge in [0.25, 0.3) is 0 Å². The Morgan fingerprint density at radius 1 is 1.37 bits per heavy atom. The van der Waals surface area contributed by atoms with Gasteiger partial charge >= 0.3 is 0 Å². The molecule has 0 spiro atoms. The summed E-state index contributed by atoms with van der Waals surface area (Å²) >= 11 is 0. The molecule has 1 fully saturated rings. The molecule has 0 radical (unpaired) electrons. The van der Waals surface area contributed by atoms with Gasteiger partial charge in [0.05, 0.1) is 5.69 Å². The van der Waals surface area contributed by atoms with E-state index in [1.54, 1.807) is 0 Å². The number of likely N-dealkylation sites (tertiary alicyclic amines) is 1. The van der Waals surface area contributed by atoms with Crippen LogP contribution in [0.3, 0.4) is 0 Å². The first-order chi connectivity index (χ1) is 8.75. The second kappa shape index (κ2) is 5.25. The van der Waals surface area contributed by atoms with Gasteiger partial charge in [-0.15, -0.1) is 0 Å². The Morgan fingerprint density at radius 3 is 2.63 bits per heavy atom. The number of hydrogen-bond donors (Lipinski definition) is 1. The quantitative estimate of drug-likeness (QED) is 0.887. The molecule has 1 aliphatic rings. The highest BCUT2D eigenvalue weighted by atomic mass is 15.3. The van der Waals surface area contributed by atoms with Crippen molar-refractivity contribution in [2.45, 2.75) is 52.1 Å². The van der Waals surface area contributed by atoms with E-state index < -0.39 is 0 Å². The maximum atomic E-state index is 6.14. The van der Waals surface area contributed by atoms with Crippen LogP contribution in [-0.4, -0.2) is 33.8 Å². The van der Waals surface area contributed by atoms with Gasteiger partial charge in [-0.25, -0.2) is 0 Å². The van der Waals surface area contributed by atoms with Crippen molar-refractivity contribution < 1.29 is 0 Å². The first-order valence-electron chi connectivity index (χ1n) is 7.26. The van der Waals surface area contributed by atoms with Gasteiger partial charge in [-0.05, 0) is 12.3 Å². The van der Waals surface area contributed by atoms with Crippen molar-refractivity contribution in [3.63, 3.8) is 0 Å². The lowest BCUT2D eigenvalue weighted by atomic mass is 9.89. The Hall–Kier alpha value is -0.870. The first-order valence-corrected chi connectivity index (χ1v) is 7.26. The highest BCUT2D eigenvalue weighted by Crippen LogP contribution is 2.26. The molecule has 2 N–H and O–H groups in total. The predicted octanol–water partition coefficient (Wildman–Crippen LogP) is 1.89. The van der Waals surface area contributed by atoms with Gasteiger partial charge < -0.3 is 5.73 Å². The molecule has 1 aromatic rings. The maximum Gasteiger partial charge on any atom is 0.0722 e. The molecule has 0 aliphatic carbocycles. The Labute approximate surface area is 117 Å². The largest absolute Gasteiger partial charge is 0.327 e. The van der Waals surface area contributed by atoms with E-state index in [0.717, 1.165) is 26.1 Å². The zero-order chi connectivity index (χ0) is 14.2. The van der Waals surface area contributed by atoms with Crippen LogP contribution in [0.15, 0.2) is 6.20 Å². The molecule has 4 nitrogen and oxygen atoms in total. The van der Waals surface area contributed by atoms with Gasteiger partial charge in [0.2, 0.25) is 0 Å². The summed E-state index contributed by atoms with van der Waals surface area (Å²) in [5, 5.41) is 4.64. The molecule has 0 aromatic carbocycles. The number of aryl methyl sites for hydroxylation is 1. The molecule has 2 atom stereocenters. The molecule has 1 aliphatic heterocycles. The fourth-order valence-corrected chi connectivity index (χ4v) is 3.17. The molecule has 0 amide bonds. The summed E-state index contributed by atoms with van der Waals surface area (Å²) < 4.78 is 1.93. The average molecular weight is 264 g/mol. The Kier molecular flexibility index (Phi) is 4.02. The fraction of sp³-hybridized carbons (Fsp3) is 0.800. The summed E-state index contributed by atoms with van der Waals surface area (Å²) in [4.78, 5) is 2.48. The van der Waals surface area contributed by atoms with Crippen LogP contribution in [0.5, 0.6) is 0 Å². The third kappa shape index (κ3) is 3.57. The molecule has 2 heterocycles. The Balaban J connectivity index is 2.15. The van der Waals surface area contributed by atoms with Gasteiger partial charge in [0.15, 0.2) is 0 Å². The standard InChI is InChI=1S/C15H28N4/c1-11-6-13(16)10-19(7-11)9-12-8-18(5)17-14(12)15(2,3)4/h8,11,13H,6-7,9-10,16H2,1-5H3. The minimum absolute atomic E-state index is 0.0973. The summed E-state index contributed by atoms with van der Waals surface area (Å²) in [7, 11) is 2.00. The number of rotatable bonds is 2. The van der Waals surface area contributed by atoms with Crippen LogP contribution < -0.4 is 5.73 Å². The number of hydrogen-bond acceptors (Lipinski definition) is 3. The highest BCUT2D eigenvalue weighted by molar-refractivity contribution is 5.24. The van der Waals surface area contributed by atoms with Crippen molar-refractivity contribution in [3.8, 4) is 0 Å². The lowest BCUT2D eigenvalue weighted by Crippen LogP contribution is -2.45. The summed E-state index contributed by atoms with van der Waals surface area (Å²) in [6.45, 7) is 12.1. The predicted molar refractivity (Wildman–Crippen MR) is 78.9 cm³/mol. The summed E-state index contributed by atoms with van der Waals surface area (Å²) in [6.07, 6.45) is 3.31. The van der Waals surface area contributed by atoms with E-state index in [1.165, 1.54) is 11.3 Å². The smallest absolute Gasteiger partial charge is 0.0722 e. The second-order valence-electron chi connectivity index (χ2n) is 7.22. The average Bonchev–Trinajstić information content (AvgIpc) is 2.57. The molecular weight excluding hydrogens is 236 g/mol. The fourth-order valence-electron chi connectivity index (χ4n) is 3.17. The van der Waals surface area contributed by atoms with E-state index in [2.05, 4.69) is 43.9 Å². The van der Waals surface area contributed by atoms with E-state index in [0.29, 0.717) is 12.0 Å². The lowest BCUT2D eigenvalue weighted by molar-refractivity contribution is 0.157. The summed E-state index contributed by atoms with van der Waals surface area (Å²) in [5.41, 5.74) is 8.79. The zero-order valence-corrected chi connectivity index (χ0v) is 13.0. The van der Waals surface area contributed by atoms with Crippen LogP contribution in [0, 0.1) is 5.92 Å². The van der Waals surface area contributed by atoms with Crippen LogP contribution in [-0.2, 0) is 19.0 Å². The molecule has 2 unspecified atom stereocenters. The normalized spacial score (nSPS) is 25.8. The van der Waals surface area contributed by atoms with Crippen molar-refractivity contribution in [3.05, 3.63) is 17.5 Å². The maximum absolute atomic E-state index is 6.14. The van der Waals surface area contributed by atoms with Gasteiger partial charge in [0, 0.05) is 49.9 Å². The zero-order valence-electron chi connectivity index (χ0n) is 13.0. The molecule has 1 aromatic heterocycles. The SMILES string of the molecule is CC1CC(N)CN(Cc2cn(C)nc2C(C)(C)C)C1. The van der Waals surface area contributed by atoms with Crippen LogP contribution in [0.1, 0.15) is 45.4 Å². The van der Waals surface area contributed by atoms with Crippen LogP contribution in [0.25, 0.3) is 0 Å². The van der Waals surface area contributed by atoms with E-state index in [-0.39, 0.29) is 5.41 Å². The third-order valence-electron chi connectivity index (χ3n) is 3.78. The molecule has 19 heavy (non-hydrogen) atoms. The second-order valence-corrected chi connectivity index (χ2v) is 7.22. The number of nitrogens with two attached hydrogens (primary N) is 1. The van der Waals surface area contributed by atoms with Crippen molar-refractivity contribution in [1.29, 1.82) is 0 Å². The Morgan fingerprint density at radius 2 is 2.05 bits per heavy atom. The van der Waals surface area contributed by atoms with E-state index >= 15 is 0 Å². The number of aromatic nitrogens is 2. The molecule has 1 saturated heterocycles. The molecule has 2 rings (SSSR count). The van der Waals surface area contributed by atoms with Crippen molar-refractivity contribution >= 4 is 0 Å². The van der Waals surface area contributed by atoms with Crippen LogP contribution in [0.4, 0.5) is 0 Å². The van der Waals surface area contributed by atoms with Crippen LogP contribution in [0.2, 0.25) is 0 Å². The minimum atomic E-state index is 0.0973. The molecule has 0 bridgehead atoms. The van der Waals surface area contributed by atoms with Gasteiger partial charge in [-0.1, -0.05) is 27.7 Å². The van der Waals surface area contributed by atoms with E-state index in [1.807, 2.05) is 11.7 Å². The van der Waals surface area contributed by atoms with Gasteiger partial charge in [-0.2, -0.15) is 5.10 Å². The molecular formula is C15H28N4. The number of nitrogens with zero attached hydrogens (tertiary/aromatic N) is 3. The van der Waals surface area contributed by atoms with Gasteiger partial charge in [-0.3, -0.25) is 9.58 Å². The van der Waals surface area contributed by atoms with Crippen molar-refractivity contribution in [2.24, 2.45) is 18.7 Å². The molecule has 4 heteroatoms. The third-order valence-corrected chi connectivity index (χ3v) is 3.78. The Bertz CT molecular complexity index is 420. The molecule has 108 valence electrons. The number of piperidine rings is 1. The van der Waals surface area contributed by atoms with Crippen molar-refractivity contribution in [1.82, 2.24) is 14.7 Å². The van der Waals surface area contributed by atoms with Gasteiger partial charge in [0.1, 0.15) is 0 Å². The lowest BCUT2D eigenvalue weighted by Gasteiger charge is -2.35. The summed E-state index contributed by atoms with van der Waals surface area (Å²) in [6, 6.07) is 0.318. The monoisotopic (exact) mass is 264 g/mol. The topological polar surface area (TPSA) is 47.1 Å². The highest BCUT2D eigenvalue weighted by Gasteiger charge is 2.26. The van der Waals surface area contributed by atoms with Crippen molar-refractivity contribution in [2.75, 3.05) is 13.1 Å². The summed E-state index contributed by atoms with van der Waals surface area (Å²) in [5.74, 6) is 0.693. The van der Waals surface area contributed by atoms with E-state index in [4.69, 9.17) is 5.73 Å². The minimum Gasteiger partial charge on any atom is -0.327 e. The van der Waals surface area contributed by atoms with E-state index in [9.17, 15) is 0 Å². The van der Waals surface area contributed by atoms with Crippen LogP contribution >= 0.6 is 0 Å².